The van der Waals surface area contributed by atoms with Crippen molar-refractivity contribution in [1.29, 1.82) is 0 Å². The van der Waals surface area contributed by atoms with Crippen LogP contribution >= 0.6 is 0 Å². The molecule has 2 heteroatoms. The van der Waals surface area contributed by atoms with Gasteiger partial charge in [0.2, 0.25) is 0 Å². The molecule has 0 spiro atoms. The van der Waals surface area contributed by atoms with Gasteiger partial charge in [-0.15, -0.1) is 0 Å². The number of nitrogens with zero attached hydrogens (tertiary/aromatic N) is 2. The molecule has 0 N–H and O–H groups in total. The third kappa shape index (κ3) is 2.37. The molecule has 1 radical (unpaired) electrons. The van der Waals surface area contributed by atoms with E-state index in [1.807, 2.05) is 6.07 Å². The molecule has 1 aromatic carbocycles. The van der Waals surface area contributed by atoms with Crippen molar-refractivity contribution < 1.29 is 0 Å². The van der Waals surface area contributed by atoms with Gasteiger partial charge in [0.15, 0.2) is 0 Å². The molecule has 0 saturated heterocycles. The van der Waals surface area contributed by atoms with Gasteiger partial charge in [0.05, 0.1) is 11.9 Å². The third-order valence-corrected chi connectivity index (χ3v) is 3.25. The van der Waals surface area contributed by atoms with Crippen molar-refractivity contribution in [3.8, 4) is 0 Å². The Hall–Kier alpha value is -1.67. The van der Waals surface area contributed by atoms with E-state index in [-0.39, 0.29) is 0 Å². The highest BCUT2D eigenvalue weighted by molar-refractivity contribution is 5.22. The van der Waals surface area contributed by atoms with E-state index in [0.29, 0.717) is 0 Å². The molecule has 0 fully saturated rings. The molecule has 1 aliphatic rings. The van der Waals surface area contributed by atoms with E-state index >= 15 is 0 Å². The van der Waals surface area contributed by atoms with Crippen LogP contribution in [0.5, 0.6) is 0 Å². The minimum Gasteiger partial charge on any atom is -0.293 e. The highest BCUT2D eigenvalue weighted by atomic mass is 15.1. The maximum absolute atomic E-state index is 4.34. The standard InChI is InChI=1S/C15H15N2/c1-2-5-13(6-3-1)11-17-10-8-14-7-4-9-16-15(14)12-17/h1-7H,8,10-12H2. The molecule has 17 heavy (non-hydrogen) atoms. The number of aromatic nitrogens is 1. The first kappa shape index (κ1) is 10.5. The van der Waals surface area contributed by atoms with Crippen molar-refractivity contribution in [3.63, 3.8) is 0 Å². The summed E-state index contributed by atoms with van der Waals surface area (Å²) in [5.41, 5.74) is 3.94. The number of rotatable bonds is 2. The van der Waals surface area contributed by atoms with Crippen LogP contribution in [0.15, 0.2) is 42.5 Å². The van der Waals surface area contributed by atoms with E-state index in [1.165, 1.54) is 16.8 Å². The van der Waals surface area contributed by atoms with Gasteiger partial charge in [0.25, 0.3) is 0 Å². The molecule has 2 nitrogen and oxygen atoms in total. The lowest BCUT2D eigenvalue weighted by Crippen LogP contribution is -2.30. The predicted molar refractivity (Wildman–Crippen MR) is 67.3 cm³/mol. The Morgan fingerprint density at radius 1 is 1.18 bits per heavy atom. The number of fused-ring (bicyclic) bond motifs is 1. The highest BCUT2D eigenvalue weighted by Crippen LogP contribution is 2.17. The Balaban J connectivity index is 1.72. The number of pyridine rings is 1. The molecule has 3 rings (SSSR count). The van der Waals surface area contributed by atoms with Crippen LogP contribution in [0.4, 0.5) is 0 Å². The van der Waals surface area contributed by atoms with E-state index < -0.39 is 0 Å². The maximum atomic E-state index is 4.34. The summed E-state index contributed by atoms with van der Waals surface area (Å²) in [7, 11) is 0. The zero-order valence-electron chi connectivity index (χ0n) is 9.76. The Morgan fingerprint density at radius 3 is 2.94 bits per heavy atom. The summed E-state index contributed by atoms with van der Waals surface area (Å²) in [6.07, 6.45) is 4.03. The van der Waals surface area contributed by atoms with Gasteiger partial charge in [-0.1, -0.05) is 36.4 Å². The quantitative estimate of drug-likeness (QED) is 0.777. The van der Waals surface area contributed by atoms with E-state index in [4.69, 9.17) is 0 Å². The van der Waals surface area contributed by atoms with Crippen LogP contribution in [0, 0.1) is 6.20 Å². The average Bonchev–Trinajstić information content (AvgIpc) is 2.40. The molecule has 0 unspecified atom stereocenters. The summed E-state index contributed by atoms with van der Waals surface area (Å²) in [6, 6.07) is 14.7. The first-order valence-corrected chi connectivity index (χ1v) is 6.03. The lowest BCUT2D eigenvalue weighted by molar-refractivity contribution is 0.241. The first-order chi connectivity index (χ1) is 8.42. The topological polar surface area (TPSA) is 16.1 Å². The number of hydrogen-bond donors (Lipinski definition) is 0. The zero-order valence-corrected chi connectivity index (χ0v) is 9.76. The van der Waals surface area contributed by atoms with E-state index in [1.54, 1.807) is 0 Å². The van der Waals surface area contributed by atoms with E-state index in [2.05, 4.69) is 52.5 Å². The van der Waals surface area contributed by atoms with Crippen LogP contribution in [0.1, 0.15) is 16.8 Å². The monoisotopic (exact) mass is 223 g/mol. The predicted octanol–water partition coefficient (Wildman–Crippen LogP) is 2.44. The molecule has 85 valence electrons. The fraction of sp³-hybridized carbons (Fsp3) is 0.267. The molecule has 0 bridgehead atoms. The number of benzene rings is 1. The molecule has 2 heterocycles. The summed E-state index contributed by atoms with van der Waals surface area (Å²) in [5.74, 6) is 0. The molecular formula is C15H15N2. The molecule has 2 aromatic rings. The second-order valence-electron chi connectivity index (χ2n) is 4.49. The summed E-state index contributed by atoms with van der Waals surface area (Å²) in [4.78, 5) is 6.79. The van der Waals surface area contributed by atoms with E-state index in [9.17, 15) is 0 Å². The van der Waals surface area contributed by atoms with Gasteiger partial charge >= 0.3 is 0 Å². The molecule has 0 atom stereocenters. The van der Waals surface area contributed by atoms with Crippen molar-refractivity contribution in [2.24, 2.45) is 0 Å². The van der Waals surface area contributed by atoms with Gasteiger partial charge < -0.3 is 0 Å². The van der Waals surface area contributed by atoms with Gasteiger partial charge in [-0.3, -0.25) is 4.90 Å². The van der Waals surface area contributed by atoms with Gasteiger partial charge in [0.1, 0.15) is 0 Å². The van der Waals surface area contributed by atoms with Crippen molar-refractivity contribution in [3.05, 3.63) is 65.5 Å². The smallest absolute Gasteiger partial charge is 0.0890 e. The average molecular weight is 223 g/mol. The molecule has 1 aliphatic heterocycles. The lowest BCUT2D eigenvalue weighted by Gasteiger charge is -2.27. The Bertz CT molecular complexity index is 493. The van der Waals surface area contributed by atoms with Gasteiger partial charge in [-0.2, -0.15) is 0 Å². The largest absolute Gasteiger partial charge is 0.293 e. The maximum Gasteiger partial charge on any atom is 0.0890 e. The first-order valence-electron chi connectivity index (χ1n) is 6.03. The third-order valence-electron chi connectivity index (χ3n) is 3.25. The zero-order chi connectivity index (χ0) is 11.5. The molecular weight excluding hydrogens is 208 g/mol. The molecule has 0 amide bonds. The van der Waals surface area contributed by atoms with Crippen LogP contribution in [-0.2, 0) is 19.5 Å². The van der Waals surface area contributed by atoms with Crippen LogP contribution < -0.4 is 0 Å². The van der Waals surface area contributed by atoms with E-state index in [0.717, 1.165) is 26.1 Å². The molecule has 1 aromatic heterocycles. The fourth-order valence-corrected chi connectivity index (χ4v) is 2.33. The Morgan fingerprint density at radius 2 is 2.06 bits per heavy atom. The summed E-state index contributed by atoms with van der Waals surface area (Å²) in [5, 5.41) is 0. The molecule has 0 aliphatic carbocycles. The van der Waals surface area contributed by atoms with Crippen molar-refractivity contribution in [1.82, 2.24) is 9.88 Å². The Kier molecular flexibility index (Phi) is 2.88. The minimum atomic E-state index is 0.946. The Labute approximate surface area is 102 Å². The normalized spacial score (nSPS) is 15.5. The summed E-state index contributed by atoms with van der Waals surface area (Å²) in [6.45, 7) is 3.08. The fourth-order valence-electron chi connectivity index (χ4n) is 2.33. The number of hydrogen-bond acceptors (Lipinski definition) is 2. The van der Waals surface area contributed by atoms with Crippen LogP contribution in [0.25, 0.3) is 0 Å². The van der Waals surface area contributed by atoms with Crippen LogP contribution in [-0.4, -0.2) is 16.4 Å². The van der Waals surface area contributed by atoms with Crippen molar-refractivity contribution >= 4 is 0 Å². The molecule has 0 saturated carbocycles. The van der Waals surface area contributed by atoms with Gasteiger partial charge in [0, 0.05) is 19.6 Å². The van der Waals surface area contributed by atoms with Crippen LogP contribution in [0.2, 0.25) is 0 Å². The second kappa shape index (κ2) is 4.68. The summed E-state index contributed by atoms with van der Waals surface area (Å²) < 4.78 is 0. The highest BCUT2D eigenvalue weighted by Gasteiger charge is 2.16. The SMILES string of the molecule is [c]1ccc2c(n1)CN(Cc1ccccc1)CC2. The van der Waals surface area contributed by atoms with Crippen molar-refractivity contribution in [2.45, 2.75) is 19.5 Å². The minimum absolute atomic E-state index is 0.946. The summed E-state index contributed by atoms with van der Waals surface area (Å²) >= 11 is 0. The van der Waals surface area contributed by atoms with Crippen LogP contribution in [0.3, 0.4) is 0 Å². The second-order valence-corrected chi connectivity index (χ2v) is 4.49. The lowest BCUT2D eigenvalue weighted by atomic mass is 10.0. The van der Waals surface area contributed by atoms with Gasteiger partial charge in [-0.05, 0) is 23.6 Å². The van der Waals surface area contributed by atoms with Gasteiger partial charge in [-0.25, -0.2) is 4.98 Å². The van der Waals surface area contributed by atoms with Crippen molar-refractivity contribution in [2.75, 3.05) is 6.54 Å².